The van der Waals surface area contributed by atoms with Crippen molar-refractivity contribution in [3.8, 4) is 5.75 Å². The molecule has 2 aromatic rings. The molecule has 2 aliphatic rings. The summed E-state index contributed by atoms with van der Waals surface area (Å²) in [6.07, 6.45) is -2.26. The molecule has 2 aromatic carbocycles. The zero-order valence-corrected chi connectivity index (χ0v) is 21.0. The number of nitrogens with zero attached hydrogens (tertiary/aromatic N) is 2. The van der Waals surface area contributed by atoms with Crippen LogP contribution in [0.15, 0.2) is 66.0 Å². The summed E-state index contributed by atoms with van der Waals surface area (Å²) in [6, 6.07) is 15.7. The molecule has 0 aliphatic carbocycles. The van der Waals surface area contributed by atoms with Gasteiger partial charge in [-0.25, -0.2) is 0 Å². The zero-order valence-electron chi connectivity index (χ0n) is 21.0. The van der Waals surface area contributed by atoms with E-state index in [1.807, 2.05) is 6.07 Å². The maximum absolute atomic E-state index is 13.3. The second kappa shape index (κ2) is 10.5. The van der Waals surface area contributed by atoms with Crippen LogP contribution in [0.25, 0.3) is 0 Å². The number of halogens is 3. The van der Waals surface area contributed by atoms with Crippen LogP contribution in [-0.4, -0.2) is 41.7 Å². The largest absolute Gasteiger partial charge is 0.416 e. The summed E-state index contributed by atoms with van der Waals surface area (Å²) < 4.78 is 40.0. The molecule has 0 spiro atoms. The van der Waals surface area contributed by atoms with Crippen molar-refractivity contribution in [3.63, 3.8) is 0 Å². The zero-order chi connectivity index (χ0) is 25.2. The van der Waals surface area contributed by atoms with Gasteiger partial charge in [-0.15, -0.1) is 0 Å². The Hall–Kier alpha value is -2.67. The van der Waals surface area contributed by atoms with E-state index in [4.69, 9.17) is 4.84 Å². The molecule has 1 N–H and O–H groups in total. The van der Waals surface area contributed by atoms with Crippen molar-refractivity contribution < 1.29 is 18.0 Å². The highest BCUT2D eigenvalue weighted by Crippen LogP contribution is 2.42. The fourth-order valence-electron chi connectivity index (χ4n) is 5.43. The minimum atomic E-state index is -4.42. The first-order valence-electron chi connectivity index (χ1n) is 12.6. The quantitative estimate of drug-likeness (QED) is 0.508. The van der Waals surface area contributed by atoms with Gasteiger partial charge in [0.05, 0.1) is 11.6 Å². The van der Waals surface area contributed by atoms with Crippen LogP contribution in [0.2, 0.25) is 0 Å². The molecule has 1 fully saturated rings. The van der Waals surface area contributed by atoms with E-state index >= 15 is 0 Å². The maximum atomic E-state index is 13.3. The van der Waals surface area contributed by atoms with Crippen molar-refractivity contribution in [2.45, 2.75) is 64.7 Å². The first-order valence-corrected chi connectivity index (χ1v) is 12.6. The molecule has 4 atom stereocenters. The average Bonchev–Trinajstić information content (AvgIpc) is 2.85. The third-order valence-electron chi connectivity index (χ3n) is 7.53. The number of likely N-dealkylation sites (N-methyl/N-ethyl adjacent to an activating group) is 1. The van der Waals surface area contributed by atoms with Crippen LogP contribution in [0.1, 0.15) is 57.6 Å². The van der Waals surface area contributed by atoms with Gasteiger partial charge in [0, 0.05) is 18.5 Å². The van der Waals surface area contributed by atoms with E-state index < -0.39 is 11.7 Å². The predicted molar refractivity (Wildman–Crippen MR) is 133 cm³/mol. The third-order valence-corrected chi connectivity index (χ3v) is 7.53. The van der Waals surface area contributed by atoms with E-state index in [2.05, 4.69) is 62.2 Å². The van der Waals surface area contributed by atoms with Crippen LogP contribution in [-0.2, 0) is 6.18 Å². The molecule has 0 aromatic heterocycles. The number of rotatable bonds is 6. The van der Waals surface area contributed by atoms with Crippen molar-refractivity contribution in [1.29, 1.82) is 0 Å². The number of hydrogen-bond acceptors (Lipinski definition) is 4. The van der Waals surface area contributed by atoms with Gasteiger partial charge in [0.2, 0.25) is 0 Å². The summed E-state index contributed by atoms with van der Waals surface area (Å²) in [5.74, 6) is 1.42. The Balaban J connectivity index is 1.71. The van der Waals surface area contributed by atoms with Gasteiger partial charge < -0.3 is 15.1 Å². The first kappa shape index (κ1) is 25.4. The van der Waals surface area contributed by atoms with Crippen LogP contribution in [0, 0.1) is 5.92 Å². The van der Waals surface area contributed by atoms with Gasteiger partial charge in [-0.2, -0.15) is 18.2 Å². The van der Waals surface area contributed by atoms with Crippen molar-refractivity contribution >= 4 is 0 Å². The van der Waals surface area contributed by atoms with Crippen LogP contribution in [0.4, 0.5) is 13.2 Å². The molecule has 190 valence electrons. The number of likely N-dealkylation sites (tertiary alicyclic amines) is 1. The Morgan fingerprint density at radius 3 is 2.49 bits per heavy atom. The minimum Gasteiger partial charge on any atom is -0.378 e. The average molecular weight is 488 g/mol. The number of hydroxylamine groups is 2. The van der Waals surface area contributed by atoms with Crippen LogP contribution in [0.3, 0.4) is 0 Å². The Morgan fingerprint density at radius 2 is 1.80 bits per heavy atom. The molecule has 0 bridgehead atoms. The number of allylic oxidation sites excluding steroid dienone is 1. The van der Waals surface area contributed by atoms with Gasteiger partial charge in [0.25, 0.3) is 0 Å². The topological polar surface area (TPSA) is 27.7 Å². The second-order valence-electron chi connectivity index (χ2n) is 9.84. The molecule has 0 saturated carbocycles. The van der Waals surface area contributed by atoms with Crippen LogP contribution < -0.4 is 10.2 Å². The van der Waals surface area contributed by atoms with Gasteiger partial charge in [0.1, 0.15) is 5.82 Å². The van der Waals surface area contributed by atoms with Gasteiger partial charge in [-0.1, -0.05) is 50.2 Å². The van der Waals surface area contributed by atoms with E-state index in [0.29, 0.717) is 0 Å². The standard InChI is InChI=1S/C28H36F3N3O/c1-5-33-16-10-14-24(18-33)32-27-20(3)26(22-11-7-6-8-12-22)19(2)21(4)34(27)35-25-15-9-13-23(17-25)28(29,30)31/h6-9,11-13,15,17,19,21,24,26,32H,5,10,14,16,18H2,1-4H3/t19?,21?,24-,26?/m1/s1. The maximum Gasteiger partial charge on any atom is 0.416 e. The molecule has 0 amide bonds. The molecular weight excluding hydrogens is 451 g/mol. The number of nitrogens with one attached hydrogen (secondary N) is 1. The van der Waals surface area contributed by atoms with Crippen LogP contribution >= 0.6 is 0 Å². The van der Waals surface area contributed by atoms with Crippen molar-refractivity contribution in [2.24, 2.45) is 5.92 Å². The van der Waals surface area contributed by atoms with E-state index in [9.17, 15) is 13.2 Å². The second-order valence-corrected chi connectivity index (χ2v) is 9.84. The Kier molecular flexibility index (Phi) is 7.64. The summed E-state index contributed by atoms with van der Waals surface area (Å²) in [6.45, 7) is 11.6. The highest BCUT2D eigenvalue weighted by Gasteiger charge is 2.40. The lowest BCUT2D eigenvalue weighted by Crippen LogP contribution is -2.54. The SMILES string of the molecule is CCN1CCC[C@@H](NC2=C(C)C(c3ccccc3)C(C)C(C)N2Oc2cccc(C(F)(F)F)c2)C1. The Morgan fingerprint density at radius 1 is 1.06 bits per heavy atom. The minimum absolute atomic E-state index is 0.0631. The molecule has 7 heteroatoms. The molecule has 2 aliphatic heterocycles. The fraction of sp³-hybridized carbons (Fsp3) is 0.500. The monoisotopic (exact) mass is 487 g/mol. The summed E-state index contributed by atoms with van der Waals surface area (Å²) in [7, 11) is 0. The number of hydrogen-bond donors (Lipinski definition) is 1. The Labute approximate surface area is 206 Å². The first-order chi connectivity index (χ1) is 16.7. The van der Waals surface area contributed by atoms with Crippen molar-refractivity contribution in [1.82, 2.24) is 15.3 Å². The lowest BCUT2D eigenvalue weighted by molar-refractivity contribution is -0.138. The fourth-order valence-corrected chi connectivity index (χ4v) is 5.43. The van der Waals surface area contributed by atoms with E-state index in [0.717, 1.165) is 56.0 Å². The smallest absolute Gasteiger partial charge is 0.378 e. The summed E-state index contributed by atoms with van der Waals surface area (Å²) in [4.78, 5) is 8.66. The molecule has 3 unspecified atom stereocenters. The van der Waals surface area contributed by atoms with E-state index in [1.54, 1.807) is 11.1 Å². The molecule has 1 saturated heterocycles. The van der Waals surface area contributed by atoms with E-state index in [1.165, 1.54) is 11.6 Å². The van der Waals surface area contributed by atoms with Gasteiger partial charge in [-0.3, -0.25) is 0 Å². The summed E-state index contributed by atoms with van der Waals surface area (Å²) in [5.41, 5.74) is 1.67. The number of benzene rings is 2. The van der Waals surface area contributed by atoms with Gasteiger partial charge in [0.15, 0.2) is 5.75 Å². The lowest BCUT2D eigenvalue weighted by atomic mass is 9.76. The third kappa shape index (κ3) is 5.61. The number of piperidine rings is 1. The molecule has 4 nitrogen and oxygen atoms in total. The van der Waals surface area contributed by atoms with Gasteiger partial charge >= 0.3 is 6.18 Å². The highest BCUT2D eigenvalue weighted by atomic mass is 19.4. The summed E-state index contributed by atoms with van der Waals surface area (Å²) >= 11 is 0. The normalized spacial score (nSPS) is 26.1. The van der Waals surface area contributed by atoms with Crippen molar-refractivity contribution in [3.05, 3.63) is 77.1 Å². The molecule has 35 heavy (non-hydrogen) atoms. The number of alkyl halides is 3. The van der Waals surface area contributed by atoms with Crippen molar-refractivity contribution in [2.75, 3.05) is 19.6 Å². The molecule has 2 heterocycles. The molecular formula is C28H36F3N3O. The lowest BCUT2D eigenvalue weighted by Gasteiger charge is -2.46. The van der Waals surface area contributed by atoms with Gasteiger partial charge in [-0.05, 0) is 75.0 Å². The van der Waals surface area contributed by atoms with E-state index in [-0.39, 0.29) is 29.7 Å². The predicted octanol–water partition coefficient (Wildman–Crippen LogP) is 6.43. The summed E-state index contributed by atoms with van der Waals surface area (Å²) in [5, 5.41) is 5.56. The Bertz CT molecular complexity index is 1020. The highest BCUT2D eigenvalue weighted by molar-refractivity contribution is 5.35. The molecule has 4 rings (SSSR count). The molecule has 0 radical (unpaired) electrons. The van der Waals surface area contributed by atoms with Crippen LogP contribution in [0.5, 0.6) is 5.75 Å².